The van der Waals surface area contributed by atoms with Gasteiger partial charge in [0.1, 0.15) is 171 Å². The summed E-state index contributed by atoms with van der Waals surface area (Å²) in [6, 6.07) is -7.22. The highest BCUT2D eigenvalue weighted by molar-refractivity contribution is 5.78. The topological polar surface area (TPSA) is 728 Å². The van der Waals surface area contributed by atoms with E-state index in [9.17, 15) is 141 Å². The molecule has 46 nitrogen and oxygen atoms in total. The number of aliphatic hydroxyl groups excluding tert-OH is 22. The minimum Gasteiger partial charge on any atom is -0.477 e. The molecule has 38 atom stereocenters. The number of ether oxygens (including phenoxy) is 14. The van der Waals surface area contributed by atoms with Gasteiger partial charge in [-0.3, -0.25) is 19.2 Å². The third kappa shape index (κ3) is 36.6. The first-order valence-electron chi connectivity index (χ1n) is 50.3. The maximum Gasteiger partial charge on any atom is 0.364 e. The summed E-state index contributed by atoms with van der Waals surface area (Å²) in [7, 11) is 0. The van der Waals surface area contributed by atoms with E-state index in [1.54, 1.807) is 6.08 Å². The predicted octanol–water partition coefficient (Wildman–Crippen LogP) is -3.94. The van der Waals surface area contributed by atoms with Crippen LogP contribution in [0.25, 0.3) is 0 Å². The van der Waals surface area contributed by atoms with Gasteiger partial charge >= 0.3 is 5.97 Å². The van der Waals surface area contributed by atoms with E-state index in [-0.39, 0.29) is 12.3 Å². The number of carboxylic acid groups (broad SMARTS) is 1. The molecule has 0 bridgehead atoms. The number of carboxylic acids is 1. The number of amides is 4. The number of hydrogen-bond acceptors (Lipinski definition) is 41. The second-order valence-electron chi connectivity index (χ2n) is 37.8. The molecule has 0 aromatic rings. The van der Waals surface area contributed by atoms with E-state index in [0.29, 0.717) is 12.8 Å². The number of allylic oxidation sites excluding steroid dienone is 1. The largest absolute Gasteiger partial charge is 0.477 e. The van der Waals surface area contributed by atoms with Gasteiger partial charge in [-0.25, -0.2) is 4.79 Å². The van der Waals surface area contributed by atoms with Crippen LogP contribution < -0.4 is 21.3 Å². The van der Waals surface area contributed by atoms with Gasteiger partial charge in [-0.15, -0.1) is 0 Å². The van der Waals surface area contributed by atoms with Gasteiger partial charge < -0.3 is 205 Å². The molecule has 7 fully saturated rings. The van der Waals surface area contributed by atoms with Gasteiger partial charge in [0.15, 0.2) is 37.7 Å². The molecule has 7 aliphatic rings. The summed E-state index contributed by atoms with van der Waals surface area (Å²) in [6.45, 7) is -3.81. The van der Waals surface area contributed by atoms with Gasteiger partial charge in [0.2, 0.25) is 23.6 Å². The maximum absolute atomic E-state index is 14.0. The fourth-order valence-corrected chi connectivity index (χ4v) is 18.7. The van der Waals surface area contributed by atoms with Crippen LogP contribution in [0.3, 0.4) is 0 Å². The molecule has 0 spiro atoms. The number of carbonyl (C=O) groups excluding carboxylic acids is 4. The molecule has 46 heteroatoms. The molecule has 7 saturated heterocycles. The Labute approximate surface area is 811 Å². The van der Waals surface area contributed by atoms with Crippen molar-refractivity contribution in [1.82, 2.24) is 21.3 Å². The molecule has 0 saturated carbocycles. The third-order valence-electron chi connectivity index (χ3n) is 26.8. The van der Waals surface area contributed by atoms with Gasteiger partial charge in [0.25, 0.3) is 5.79 Å². The van der Waals surface area contributed by atoms with Crippen LogP contribution in [-0.4, -0.2) is 439 Å². The third-order valence-corrected chi connectivity index (χ3v) is 26.8. The number of carbonyl (C=O) groups is 5. The van der Waals surface area contributed by atoms with Crippen molar-refractivity contribution in [3.63, 3.8) is 0 Å². The highest BCUT2D eigenvalue weighted by Crippen LogP contribution is 2.43. The van der Waals surface area contributed by atoms with E-state index in [4.69, 9.17) is 66.3 Å². The maximum atomic E-state index is 14.0. The Morgan fingerprint density at radius 3 is 1.16 bits per heavy atom. The van der Waals surface area contributed by atoms with E-state index < -0.39 is 322 Å². The fraction of sp³-hybridized carbons (Fsp3) is 0.925. The zero-order valence-corrected chi connectivity index (χ0v) is 80.7. The molecular formula is C93H166N4O42. The first-order chi connectivity index (χ1) is 66.7. The standard InChI is InChI=1S/C93H166N4O42/c1-5-7-9-11-13-15-17-19-20-21-22-23-24-25-26-28-30-32-34-36-38-40-63(111)96-53(54(108)39-37-35-33-31-29-27-18-16-14-12-10-8-6-2)50-126-88-76(121)73(118)80(60(46-102)130-88)134-90-77(122)74(119)79(61(47-103)131-90)133-86-66(94-51(3)106)83(71(116)58(44-100)127-86)137-91-78(123)85(139-93(92(124)125)41-55(109)65(97-64(112)49-105)84(138-93)68(113)56(110)42-98)81(62(48-104)132-91)135-87-67(95-52(4)107)82(70(115)59(45-101)128-87)136-89-75(120)72(117)69(114)57(43-99)129-89/h37,39,53-62,65-91,98-105,108-110,113-123H,5-36,38,40-50H2,1-4H3,(H,94,106)(H,95,107)(H,96,111)(H,97,112)(H,124,125)/b39-37+/t53-,54+,55?,56+,57?,58?,59?,60?,61?,62?,65+,66?,67?,68+,69-,70-,71-,72-,73+,74+,75?,76?,77?,78?,79-,80+,81-,82+,83+,84?,85+,86-,87-,88+,89-,90-,91-,93-/m0/s1. The van der Waals surface area contributed by atoms with Crippen LogP contribution in [0, 0.1) is 0 Å². The Kier molecular flexibility index (Phi) is 56.0. The van der Waals surface area contributed by atoms with Gasteiger partial charge in [0, 0.05) is 26.7 Å². The van der Waals surface area contributed by atoms with Crippen molar-refractivity contribution in [3.8, 4) is 0 Å². The molecule has 810 valence electrons. The molecule has 0 aromatic heterocycles. The summed E-state index contributed by atoms with van der Waals surface area (Å²) < 4.78 is 84.5. The average Bonchev–Trinajstić information content (AvgIpc) is 0.744. The normalized spacial score (nSPS) is 36.0. The summed E-state index contributed by atoms with van der Waals surface area (Å²) in [5.41, 5.74) is 0. The van der Waals surface area contributed by atoms with Gasteiger partial charge in [-0.1, -0.05) is 219 Å². The Morgan fingerprint density at radius 2 is 0.741 bits per heavy atom. The van der Waals surface area contributed by atoms with E-state index in [1.165, 1.54) is 141 Å². The molecule has 7 heterocycles. The zero-order chi connectivity index (χ0) is 102. The number of rotatable bonds is 66. The van der Waals surface area contributed by atoms with E-state index in [0.717, 1.165) is 71.6 Å². The van der Waals surface area contributed by atoms with Crippen LogP contribution >= 0.6 is 0 Å². The van der Waals surface area contributed by atoms with Crippen LogP contribution in [0.15, 0.2) is 12.2 Å². The molecule has 27 N–H and O–H groups in total. The van der Waals surface area contributed by atoms with Gasteiger partial charge in [0.05, 0.1) is 77.1 Å². The molecule has 7 rings (SSSR count). The van der Waals surface area contributed by atoms with E-state index >= 15 is 0 Å². The van der Waals surface area contributed by atoms with Crippen molar-refractivity contribution in [3.05, 3.63) is 12.2 Å². The van der Waals surface area contributed by atoms with E-state index in [2.05, 4.69) is 35.1 Å². The molecule has 0 aromatic carbocycles. The van der Waals surface area contributed by atoms with Crippen molar-refractivity contribution in [2.45, 2.75) is 485 Å². The second-order valence-corrected chi connectivity index (χ2v) is 37.8. The lowest BCUT2D eigenvalue weighted by Gasteiger charge is -2.53. The Hall–Kier alpha value is -4.35. The summed E-state index contributed by atoms with van der Waals surface area (Å²) in [6.07, 6.45) is -30.5. The van der Waals surface area contributed by atoms with Crippen LogP contribution in [-0.2, 0) is 90.3 Å². The molecule has 0 radical (unpaired) electrons. The predicted molar refractivity (Wildman–Crippen MR) is 484 cm³/mol. The summed E-state index contributed by atoms with van der Waals surface area (Å²) in [5.74, 6) is -9.55. The van der Waals surface area contributed by atoms with Crippen LogP contribution in [0.2, 0.25) is 0 Å². The lowest BCUT2D eigenvalue weighted by atomic mass is 9.88. The number of nitrogens with one attached hydrogen (secondary N) is 4. The minimum atomic E-state index is -3.58. The van der Waals surface area contributed by atoms with Crippen LogP contribution in [0.4, 0.5) is 0 Å². The van der Waals surface area contributed by atoms with Crippen molar-refractivity contribution >= 4 is 29.6 Å². The van der Waals surface area contributed by atoms with Crippen LogP contribution in [0.5, 0.6) is 0 Å². The molecule has 139 heavy (non-hydrogen) atoms. The summed E-state index contributed by atoms with van der Waals surface area (Å²) >= 11 is 0. The number of hydrogen-bond donors (Lipinski definition) is 27. The Bertz CT molecular complexity index is 3430. The quantitative estimate of drug-likeness (QED) is 0.0204. The number of aliphatic hydroxyl groups is 22. The molecule has 14 unspecified atom stereocenters. The van der Waals surface area contributed by atoms with Crippen molar-refractivity contribution in [2.24, 2.45) is 0 Å². The molecule has 7 aliphatic heterocycles. The fourth-order valence-electron chi connectivity index (χ4n) is 18.7. The average molecular weight is 2010 g/mol. The van der Waals surface area contributed by atoms with Crippen molar-refractivity contribution in [2.75, 3.05) is 59.5 Å². The summed E-state index contributed by atoms with van der Waals surface area (Å²) in [5, 5.41) is 268. The minimum absolute atomic E-state index is 0.139. The van der Waals surface area contributed by atoms with Gasteiger partial charge in [-0.05, 0) is 19.3 Å². The van der Waals surface area contributed by atoms with Crippen molar-refractivity contribution in [1.29, 1.82) is 0 Å². The SMILES string of the molecule is CCCCCCCCCCCCC/C=C/[C@@H](O)[C@H](CO[C@@H]1OC(CO)[C@@H](O[C@@H]2OC(CO)[C@H](O[C@@H]3OC(CO)[C@H](O)[C@H](O[C@@H]4OC(CO)[C@H](O[C@@H]5OC(CO)[C@H](O)[C@H](O[C@@H]6OC(CO)[C@H](O)[C@H](O)C6O)C5NC(C)=O)[C@H](O[C@]5(C(=O)O)CC(O)[C@@H](NC(=O)CO)C([C@H](O)[C@H](O)CO)O5)C4O)C3NC(C)=O)[C@H](O)C2O)[C@H](O)C1O)NC(=O)CCCCCCCCCCCCCCCCCCCCCCC. The first-order valence-corrected chi connectivity index (χ1v) is 50.3. The zero-order valence-electron chi connectivity index (χ0n) is 80.7. The second kappa shape index (κ2) is 64.0. The summed E-state index contributed by atoms with van der Waals surface area (Å²) in [4.78, 5) is 67.1. The first kappa shape index (κ1) is 122. The van der Waals surface area contributed by atoms with E-state index in [1.807, 2.05) is 6.08 Å². The number of aliphatic carboxylic acids is 1. The lowest BCUT2D eigenvalue weighted by molar-refractivity contribution is -0.403. The van der Waals surface area contributed by atoms with Crippen LogP contribution in [0.1, 0.15) is 252 Å². The molecule has 0 aliphatic carbocycles. The highest BCUT2D eigenvalue weighted by atomic mass is 16.8. The molecular weight excluding hydrogens is 1850 g/mol. The highest BCUT2D eigenvalue weighted by Gasteiger charge is 2.64. The smallest absolute Gasteiger partial charge is 0.364 e. The molecule has 4 amide bonds. The Balaban J connectivity index is 1.07. The van der Waals surface area contributed by atoms with Gasteiger partial charge in [-0.2, -0.15) is 0 Å². The monoisotopic (exact) mass is 2010 g/mol. The lowest BCUT2D eigenvalue weighted by Crippen LogP contribution is -2.73. The number of unbranched alkanes of at least 4 members (excludes halogenated alkanes) is 31. The Morgan fingerprint density at radius 1 is 0.381 bits per heavy atom. The van der Waals surface area contributed by atoms with Crippen molar-refractivity contribution < 1.29 is 208 Å².